The number of halogens is 2. The first-order chi connectivity index (χ1) is 8.61. The van der Waals surface area contributed by atoms with Crippen molar-refractivity contribution >= 4 is 44.6 Å². The van der Waals surface area contributed by atoms with E-state index in [2.05, 4.69) is 33.2 Å². The summed E-state index contributed by atoms with van der Waals surface area (Å²) in [4.78, 5) is 5.23. The lowest BCUT2D eigenvalue weighted by Crippen LogP contribution is -2.06. The highest BCUT2D eigenvalue weighted by molar-refractivity contribution is 9.10. The monoisotopic (exact) mass is 346 g/mol. The van der Waals surface area contributed by atoms with Crippen LogP contribution in [0.5, 0.6) is 5.75 Å². The van der Waals surface area contributed by atoms with Crippen molar-refractivity contribution in [2.24, 2.45) is 0 Å². The fraction of sp³-hybridized carbons (Fsp3) is 0.250. The van der Waals surface area contributed by atoms with Gasteiger partial charge in [-0.05, 0) is 35.0 Å². The quantitative estimate of drug-likeness (QED) is 0.867. The Labute approximate surface area is 123 Å². The Balaban J connectivity index is 2.28. The van der Waals surface area contributed by atoms with Crippen LogP contribution in [0.2, 0.25) is 5.02 Å². The number of aromatic nitrogens is 1. The van der Waals surface area contributed by atoms with Crippen LogP contribution >= 0.6 is 38.9 Å². The Hall–Kier alpha value is -0.780. The highest BCUT2D eigenvalue weighted by atomic mass is 79.9. The van der Waals surface area contributed by atoms with Crippen LogP contribution in [-0.4, -0.2) is 12.1 Å². The number of ether oxygens (including phenoxy) is 1. The molecule has 1 N–H and O–H groups in total. The Morgan fingerprint density at radius 3 is 2.89 bits per heavy atom. The molecule has 0 aliphatic heterocycles. The number of thiazole rings is 1. The van der Waals surface area contributed by atoms with Crippen LogP contribution in [0.3, 0.4) is 0 Å². The zero-order valence-corrected chi connectivity index (χ0v) is 13.1. The molecular formula is C12H12BrClN2OS. The van der Waals surface area contributed by atoms with Gasteiger partial charge in [-0.3, -0.25) is 4.98 Å². The summed E-state index contributed by atoms with van der Waals surface area (Å²) in [5.41, 5.74) is 2.68. The summed E-state index contributed by atoms with van der Waals surface area (Å²) in [5.74, 6) is 0.746. The molecular weight excluding hydrogens is 336 g/mol. The Kier molecular flexibility index (Phi) is 4.48. The number of methoxy groups -OCH3 is 1. The van der Waals surface area contributed by atoms with Crippen LogP contribution in [0.1, 0.15) is 17.8 Å². The number of hydrogen-bond donors (Lipinski definition) is 1. The minimum Gasteiger partial charge on any atom is -0.493 e. The second kappa shape index (κ2) is 5.91. The zero-order chi connectivity index (χ0) is 13.1. The second-order valence-electron chi connectivity index (χ2n) is 3.74. The molecule has 2 rings (SSSR count). The van der Waals surface area contributed by atoms with Gasteiger partial charge in [0.2, 0.25) is 0 Å². The lowest BCUT2D eigenvalue weighted by Gasteiger charge is -2.17. The van der Waals surface area contributed by atoms with E-state index in [9.17, 15) is 0 Å². The molecule has 0 bridgehead atoms. The van der Waals surface area contributed by atoms with E-state index >= 15 is 0 Å². The van der Waals surface area contributed by atoms with Crippen LogP contribution < -0.4 is 10.1 Å². The van der Waals surface area contributed by atoms with Crippen molar-refractivity contribution < 1.29 is 4.74 Å². The molecule has 1 unspecified atom stereocenters. The molecule has 0 aliphatic carbocycles. The fourth-order valence-electron chi connectivity index (χ4n) is 1.62. The van der Waals surface area contributed by atoms with Gasteiger partial charge >= 0.3 is 0 Å². The summed E-state index contributed by atoms with van der Waals surface area (Å²) in [6, 6.07) is 3.81. The van der Waals surface area contributed by atoms with Crippen molar-refractivity contribution in [2.75, 3.05) is 12.4 Å². The third-order valence-corrected chi connectivity index (χ3v) is 4.23. The van der Waals surface area contributed by atoms with E-state index in [-0.39, 0.29) is 6.04 Å². The van der Waals surface area contributed by atoms with E-state index in [1.165, 1.54) is 0 Å². The summed E-state index contributed by atoms with van der Waals surface area (Å²) in [6.45, 7) is 2.07. The van der Waals surface area contributed by atoms with Crippen LogP contribution in [0, 0.1) is 0 Å². The third kappa shape index (κ3) is 2.96. The highest BCUT2D eigenvalue weighted by Gasteiger charge is 2.13. The molecule has 1 heterocycles. The van der Waals surface area contributed by atoms with Crippen molar-refractivity contribution in [3.05, 3.63) is 38.2 Å². The van der Waals surface area contributed by atoms with Crippen LogP contribution in [0.4, 0.5) is 5.69 Å². The van der Waals surface area contributed by atoms with Gasteiger partial charge in [-0.15, -0.1) is 11.3 Å². The van der Waals surface area contributed by atoms with Crippen molar-refractivity contribution in [3.63, 3.8) is 0 Å². The van der Waals surface area contributed by atoms with Gasteiger partial charge in [0, 0.05) is 16.1 Å². The standard InChI is InChI=1S/C12H12BrClN2OS/c1-7(11-5-15-6-18-11)16-10-4-8(14)3-9(13)12(10)17-2/h3-7,16H,1-2H3. The van der Waals surface area contributed by atoms with Gasteiger partial charge in [0.05, 0.1) is 28.8 Å². The lowest BCUT2D eigenvalue weighted by molar-refractivity contribution is 0.413. The SMILES string of the molecule is COc1c(Br)cc(Cl)cc1NC(C)c1cncs1. The summed E-state index contributed by atoms with van der Waals surface area (Å²) in [6.07, 6.45) is 1.86. The predicted molar refractivity (Wildman–Crippen MR) is 79.9 cm³/mol. The predicted octanol–water partition coefficient (Wildman–Crippen LogP) is 4.74. The molecule has 96 valence electrons. The Morgan fingerprint density at radius 1 is 1.50 bits per heavy atom. The second-order valence-corrected chi connectivity index (χ2v) is 5.95. The first-order valence-electron chi connectivity index (χ1n) is 5.29. The highest BCUT2D eigenvalue weighted by Crippen LogP contribution is 2.38. The van der Waals surface area contributed by atoms with Crippen LogP contribution in [0.25, 0.3) is 0 Å². The fourth-order valence-corrected chi connectivity index (χ4v) is 3.22. The normalized spacial score (nSPS) is 12.2. The van der Waals surface area contributed by atoms with Gasteiger partial charge in [-0.1, -0.05) is 11.6 Å². The van der Waals surface area contributed by atoms with Crippen LogP contribution in [-0.2, 0) is 0 Å². The molecule has 3 nitrogen and oxygen atoms in total. The molecule has 1 atom stereocenters. The molecule has 0 aliphatic rings. The Morgan fingerprint density at radius 2 is 2.28 bits per heavy atom. The van der Waals surface area contributed by atoms with E-state index in [1.807, 2.05) is 23.8 Å². The van der Waals surface area contributed by atoms with Crippen molar-refractivity contribution in [2.45, 2.75) is 13.0 Å². The summed E-state index contributed by atoms with van der Waals surface area (Å²) >= 11 is 11.1. The Bertz CT molecular complexity index is 533. The minimum atomic E-state index is 0.150. The summed E-state index contributed by atoms with van der Waals surface area (Å²) in [5, 5.41) is 4.03. The van der Waals surface area contributed by atoms with Crippen LogP contribution in [0.15, 0.2) is 28.3 Å². The van der Waals surface area contributed by atoms with E-state index in [0.717, 1.165) is 20.8 Å². The maximum Gasteiger partial charge on any atom is 0.156 e. The van der Waals surface area contributed by atoms with Crippen molar-refractivity contribution in [3.8, 4) is 5.75 Å². The maximum absolute atomic E-state index is 6.05. The van der Waals surface area contributed by atoms with Gasteiger partial charge in [-0.25, -0.2) is 0 Å². The molecule has 0 spiro atoms. The molecule has 18 heavy (non-hydrogen) atoms. The molecule has 1 aromatic heterocycles. The molecule has 0 amide bonds. The molecule has 2 aromatic rings. The first kappa shape index (κ1) is 13.6. The number of nitrogens with zero attached hydrogens (tertiary/aromatic N) is 1. The van der Waals surface area contributed by atoms with E-state index < -0.39 is 0 Å². The van der Waals surface area contributed by atoms with Gasteiger partial charge in [-0.2, -0.15) is 0 Å². The third-order valence-electron chi connectivity index (χ3n) is 2.46. The van der Waals surface area contributed by atoms with E-state index in [0.29, 0.717) is 5.02 Å². The number of anilines is 1. The van der Waals surface area contributed by atoms with Gasteiger partial charge in [0.1, 0.15) is 0 Å². The lowest BCUT2D eigenvalue weighted by atomic mass is 10.2. The molecule has 0 radical (unpaired) electrons. The first-order valence-corrected chi connectivity index (χ1v) is 7.35. The van der Waals surface area contributed by atoms with E-state index in [4.69, 9.17) is 16.3 Å². The minimum absolute atomic E-state index is 0.150. The molecule has 6 heteroatoms. The van der Waals surface area contributed by atoms with Gasteiger partial charge < -0.3 is 10.1 Å². The molecule has 1 aromatic carbocycles. The summed E-state index contributed by atoms with van der Waals surface area (Å²) < 4.78 is 6.20. The maximum atomic E-state index is 6.05. The molecule has 0 saturated heterocycles. The average Bonchev–Trinajstić information content (AvgIpc) is 2.81. The molecule has 0 fully saturated rings. The number of benzene rings is 1. The summed E-state index contributed by atoms with van der Waals surface area (Å²) in [7, 11) is 1.64. The number of rotatable bonds is 4. The topological polar surface area (TPSA) is 34.1 Å². The van der Waals surface area contributed by atoms with Gasteiger partial charge in [0.25, 0.3) is 0 Å². The number of nitrogens with one attached hydrogen (secondary N) is 1. The zero-order valence-electron chi connectivity index (χ0n) is 9.91. The molecule has 0 saturated carbocycles. The van der Waals surface area contributed by atoms with Crippen molar-refractivity contribution in [1.82, 2.24) is 4.98 Å². The van der Waals surface area contributed by atoms with E-state index in [1.54, 1.807) is 18.4 Å². The smallest absolute Gasteiger partial charge is 0.156 e. The average molecular weight is 348 g/mol. The van der Waals surface area contributed by atoms with Gasteiger partial charge in [0.15, 0.2) is 5.75 Å². The van der Waals surface area contributed by atoms with Crippen molar-refractivity contribution in [1.29, 1.82) is 0 Å². The largest absolute Gasteiger partial charge is 0.493 e. The number of hydrogen-bond acceptors (Lipinski definition) is 4.